The highest BCUT2D eigenvalue weighted by atomic mass is 16.7. The molecule has 0 saturated heterocycles. The monoisotopic (exact) mass is 612 g/mol. The Labute approximate surface area is 267 Å². The summed E-state index contributed by atoms with van der Waals surface area (Å²) >= 11 is 0. The molecule has 256 valence electrons. The number of hydrogen-bond acceptors (Lipinski definition) is 4. The van der Waals surface area contributed by atoms with Crippen LogP contribution in [0.3, 0.4) is 0 Å². The molecule has 0 fully saturated rings. The minimum atomic E-state index is -0.0288. The minimum absolute atomic E-state index is 0.0113. The van der Waals surface area contributed by atoms with Crippen LogP contribution in [0.5, 0.6) is 0 Å². The number of hydrogen-bond donors (Lipinski definition) is 3. The Bertz CT molecular complexity index is 577. The van der Waals surface area contributed by atoms with Crippen molar-refractivity contribution in [3.8, 4) is 0 Å². The van der Waals surface area contributed by atoms with Gasteiger partial charge in [-0.1, -0.05) is 148 Å². The maximum atomic E-state index is 11.9. The summed E-state index contributed by atoms with van der Waals surface area (Å²) in [5.74, 6) is -0.0288. The molecule has 0 aromatic carbocycles. The Hall–Kier alpha value is -1.34. The second-order valence-electron chi connectivity index (χ2n) is 12.3. The zero-order valence-electron chi connectivity index (χ0n) is 28.8. The van der Waals surface area contributed by atoms with Gasteiger partial charge in [-0.3, -0.25) is 9.63 Å². The predicted octanol–water partition coefficient (Wildman–Crippen LogP) is 9.92. The molecule has 0 aliphatic carbocycles. The van der Waals surface area contributed by atoms with Crippen LogP contribution >= 0.6 is 0 Å². The molecule has 43 heavy (non-hydrogen) atoms. The predicted molar refractivity (Wildman–Crippen MR) is 182 cm³/mol. The van der Waals surface area contributed by atoms with Crippen LogP contribution in [-0.2, 0) is 14.4 Å². The molecule has 7 nitrogen and oxygen atoms in total. The van der Waals surface area contributed by atoms with E-state index in [-0.39, 0.29) is 11.9 Å². The quantitative estimate of drug-likeness (QED) is 0.0491. The first-order valence-electron chi connectivity index (χ1n) is 18.7. The standard InChI is InChI=1S/C36H73N3O4/c1-3-5-6-7-8-9-10-11-12-13-14-15-18-21-24-27-31-37-36(41)38-32-28-25-22-19-16-17-20-23-26-30-35(40)39-43-34-29-33-42-4-2/h3-34H2,1-2H3,(H,39,40)(H2,37,38,41). The molecule has 3 N–H and O–H groups in total. The van der Waals surface area contributed by atoms with Crippen LogP contribution in [0.2, 0.25) is 0 Å². The normalized spacial score (nSPS) is 11.1. The van der Waals surface area contributed by atoms with Crippen molar-refractivity contribution in [3.05, 3.63) is 0 Å². The lowest BCUT2D eigenvalue weighted by Crippen LogP contribution is -2.36. The molecule has 0 radical (unpaired) electrons. The van der Waals surface area contributed by atoms with Crippen molar-refractivity contribution in [2.24, 2.45) is 0 Å². The molecule has 0 aromatic rings. The lowest BCUT2D eigenvalue weighted by atomic mass is 10.0. The molecule has 0 aliphatic heterocycles. The first-order chi connectivity index (χ1) is 21.2. The topological polar surface area (TPSA) is 88.7 Å². The summed E-state index contributed by atoms with van der Waals surface area (Å²) in [5, 5.41) is 6.01. The van der Waals surface area contributed by atoms with Crippen molar-refractivity contribution in [1.82, 2.24) is 16.1 Å². The Morgan fingerprint density at radius 2 is 0.860 bits per heavy atom. The van der Waals surface area contributed by atoms with E-state index >= 15 is 0 Å². The lowest BCUT2D eigenvalue weighted by Gasteiger charge is -2.08. The first kappa shape index (κ1) is 41.7. The molecule has 0 rings (SSSR count). The summed E-state index contributed by atoms with van der Waals surface area (Å²) in [6.07, 6.45) is 33.6. The van der Waals surface area contributed by atoms with E-state index in [9.17, 15) is 9.59 Å². The van der Waals surface area contributed by atoms with Crippen molar-refractivity contribution >= 4 is 11.9 Å². The van der Waals surface area contributed by atoms with Gasteiger partial charge in [-0.25, -0.2) is 10.3 Å². The number of unbranched alkanes of at least 4 members (excludes halogenated alkanes) is 23. The Morgan fingerprint density at radius 1 is 0.465 bits per heavy atom. The third-order valence-corrected chi connectivity index (χ3v) is 8.11. The van der Waals surface area contributed by atoms with Crippen LogP contribution in [0.15, 0.2) is 0 Å². The maximum Gasteiger partial charge on any atom is 0.314 e. The van der Waals surface area contributed by atoms with Gasteiger partial charge in [-0.05, 0) is 32.6 Å². The zero-order chi connectivity index (χ0) is 31.3. The average Bonchev–Trinajstić information content (AvgIpc) is 3.01. The van der Waals surface area contributed by atoms with Gasteiger partial charge in [0.15, 0.2) is 0 Å². The van der Waals surface area contributed by atoms with E-state index in [1.807, 2.05) is 6.92 Å². The van der Waals surface area contributed by atoms with Crippen molar-refractivity contribution in [2.75, 3.05) is 32.9 Å². The Kier molecular flexibility index (Phi) is 35.7. The summed E-state index contributed by atoms with van der Waals surface area (Å²) < 4.78 is 5.23. The van der Waals surface area contributed by atoms with Gasteiger partial charge in [0, 0.05) is 32.7 Å². The number of rotatable bonds is 35. The van der Waals surface area contributed by atoms with E-state index in [4.69, 9.17) is 9.57 Å². The number of urea groups is 1. The summed E-state index contributed by atoms with van der Waals surface area (Å²) in [4.78, 5) is 28.8. The van der Waals surface area contributed by atoms with Gasteiger partial charge in [0.25, 0.3) is 0 Å². The fourth-order valence-corrected chi connectivity index (χ4v) is 5.35. The molecular weight excluding hydrogens is 538 g/mol. The summed E-state index contributed by atoms with van der Waals surface area (Å²) in [7, 11) is 0. The molecular formula is C36H73N3O4. The second-order valence-corrected chi connectivity index (χ2v) is 12.3. The summed E-state index contributed by atoms with van der Waals surface area (Å²) in [6, 6.07) is -0.0113. The molecule has 0 spiro atoms. The van der Waals surface area contributed by atoms with Crippen LogP contribution in [0.4, 0.5) is 4.79 Å². The van der Waals surface area contributed by atoms with E-state index in [0.29, 0.717) is 26.2 Å². The smallest absolute Gasteiger partial charge is 0.314 e. The van der Waals surface area contributed by atoms with E-state index < -0.39 is 0 Å². The van der Waals surface area contributed by atoms with Crippen molar-refractivity contribution in [1.29, 1.82) is 0 Å². The van der Waals surface area contributed by atoms with Crippen molar-refractivity contribution in [3.63, 3.8) is 0 Å². The van der Waals surface area contributed by atoms with Gasteiger partial charge in [-0.15, -0.1) is 0 Å². The molecule has 3 amide bonds. The van der Waals surface area contributed by atoms with Crippen LogP contribution in [-0.4, -0.2) is 44.8 Å². The average molecular weight is 612 g/mol. The Morgan fingerprint density at radius 3 is 1.28 bits per heavy atom. The van der Waals surface area contributed by atoms with E-state index in [2.05, 4.69) is 23.0 Å². The maximum absolute atomic E-state index is 11.9. The number of ether oxygens (including phenoxy) is 1. The molecule has 0 aromatic heterocycles. The third kappa shape index (κ3) is 36.8. The highest BCUT2D eigenvalue weighted by Crippen LogP contribution is 2.14. The van der Waals surface area contributed by atoms with Crippen LogP contribution in [0.25, 0.3) is 0 Å². The summed E-state index contributed by atoms with van der Waals surface area (Å²) in [5.41, 5.74) is 2.51. The van der Waals surface area contributed by atoms with E-state index in [1.165, 1.54) is 135 Å². The number of carbonyl (C=O) groups is 2. The number of nitrogens with one attached hydrogen (secondary N) is 3. The zero-order valence-corrected chi connectivity index (χ0v) is 28.8. The molecule has 0 unspecified atom stereocenters. The highest BCUT2D eigenvalue weighted by Gasteiger charge is 2.02. The number of amides is 3. The van der Waals surface area contributed by atoms with Crippen molar-refractivity contribution in [2.45, 2.75) is 187 Å². The highest BCUT2D eigenvalue weighted by molar-refractivity contribution is 5.74. The molecule has 0 aliphatic rings. The fraction of sp³-hybridized carbons (Fsp3) is 0.944. The summed E-state index contributed by atoms with van der Waals surface area (Å²) in [6.45, 7) is 7.68. The van der Waals surface area contributed by atoms with Gasteiger partial charge >= 0.3 is 6.03 Å². The van der Waals surface area contributed by atoms with Gasteiger partial charge in [0.1, 0.15) is 0 Å². The molecule has 0 atom stereocenters. The molecule has 7 heteroatoms. The van der Waals surface area contributed by atoms with Gasteiger partial charge < -0.3 is 15.4 Å². The van der Waals surface area contributed by atoms with Gasteiger partial charge in [-0.2, -0.15) is 0 Å². The van der Waals surface area contributed by atoms with Gasteiger partial charge in [0.2, 0.25) is 5.91 Å². The lowest BCUT2D eigenvalue weighted by molar-refractivity contribution is -0.134. The minimum Gasteiger partial charge on any atom is -0.382 e. The largest absolute Gasteiger partial charge is 0.382 e. The van der Waals surface area contributed by atoms with Crippen LogP contribution in [0, 0.1) is 0 Å². The van der Waals surface area contributed by atoms with Crippen LogP contribution in [0.1, 0.15) is 187 Å². The van der Waals surface area contributed by atoms with E-state index in [0.717, 1.165) is 45.2 Å². The molecule has 0 heterocycles. The van der Waals surface area contributed by atoms with Gasteiger partial charge in [0.05, 0.1) is 6.61 Å². The molecule has 0 bridgehead atoms. The SMILES string of the molecule is CCCCCCCCCCCCCCCCCCNC(=O)NCCCCCCCCCCCC(=O)NOCCCOCC. The second kappa shape index (κ2) is 36.8. The third-order valence-electron chi connectivity index (χ3n) is 8.11. The number of hydroxylamine groups is 1. The first-order valence-corrected chi connectivity index (χ1v) is 18.7. The molecule has 0 saturated carbocycles. The van der Waals surface area contributed by atoms with Crippen LogP contribution < -0.4 is 16.1 Å². The number of carbonyl (C=O) groups excluding carboxylic acids is 2. The fourth-order valence-electron chi connectivity index (χ4n) is 5.35. The Balaban J connectivity index is 3.21. The van der Waals surface area contributed by atoms with E-state index in [1.54, 1.807) is 0 Å². The van der Waals surface area contributed by atoms with Crippen molar-refractivity contribution < 1.29 is 19.2 Å².